The lowest BCUT2D eigenvalue weighted by molar-refractivity contribution is 0.203. The van der Waals surface area contributed by atoms with Gasteiger partial charge in [0.15, 0.2) is 11.8 Å². The van der Waals surface area contributed by atoms with Crippen LogP contribution in [0.15, 0.2) is 4.99 Å². The molecule has 0 aromatic carbocycles. The molecule has 0 fully saturated rings. The summed E-state index contributed by atoms with van der Waals surface area (Å²) in [6, 6.07) is 0. The van der Waals surface area contributed by atoms with E-state index in [-0.39, 0.29) is 24.0 Å². The van der Waals surface area contributed by atoms with E-state index < -0.39 is 0 Å². The van der Waals surface area contributed by atoms with Crippen molar-refractivity contribution in [2.24, 2.45) is 4.99 Å². The Morgan fingerprint density at radius 1 is 1.27 bits per heavy atom. The summed E-state index contributed by atoms with van der Waals surface area (Å²) in [7, 11) is 1.69. The van der Waals surface area contributed by atoms with E-state index in [2.05, 4.69) is 37.3 Å². The van der Waals surface area contributed by atoms with Gasteiger partial charge in [-0.15, -0.1) is 34.2 Å². The molecular formula is C14H27IN6O. The van der Waals surface area contributed by atoms with Crippen molar-refractivity contribution in [1.82, 2.24) is 25.4 Å². The smallest absolute Gasteiger partial charge is 0.191 e. The Kier molecular flexibility index (Phi) is 9.37. The number of hydrogen-bond donors (Lipinski definition) is 2. The van der Waals surface area contributed by atoms with Crippen molar-refractivity contribution in [3.05, 3.63) is 11.6 Å². The summed E-state index contributed by atoms with van der Waals surface area (Å²) in [6.07, 6.45) is 4.71. The number of fused-ring (bicyclic) bond motifs is 1. The number of aliphatic imine (C=N–C) groups is 1. The molecule has 1 aromatic rings. The fourth-order valence-electron chi connectivity index (χ4n) is 2.43. The van der Waals surface area contributed by atoms with Crippen LogP contribution < -0.4 is 10.6 Å². The Morgan fingerprint density at radius 3 is 2.91 bits per heavy atom. The lowest BCUT2D eigenvalue weighted by Gasteiger charge is -2.11. The van der Waals surface area contributed by atoms with Gasteiger partial charge in [-0.3, -0.25) is 0 Å². The quantitative estimate of drug-likeness (QED) is 0.313. The molecule has 0 saturated heterocycles. The summed E-state index contributed by atoms with van der Waals surface area (Å²) in [6.45, 7) is 5.84. The predicted octanol–water partition coefficient (Wildman–Crippen LogP) is 1.32. The van der Waals surface area contributed by atoms with E-state index in [4.69, 9.17) is 4.74 Å². The van der Waals surface area contributed by atoms with Gasteiger partial charge in [-0.05, 0) is 19.8 Å². The summed E-state index contributed by atoms with van der Waals surface area (Å²) in [5.41, 5.74) is 0. The third-order valence-electron chi connectivity index (χ3n) is 3.51. The molecule has 0 bridgehead atoms. The minimum absolute atomic E-state index is 0. The number of hydrogen-bond acceptors (Lipinski definition) is 4. The molecule has 0 spiro atoms. The number of nitrogens with zero attached hydrogens (tertiary/aromatic N) is 4. The zero-order valence-electron chi connectivity index (χ0n) is 13.5. The van der Waals surface area contributed by atoms with E-state index in [1.807, 2.05) is 0 Å². The van der Waals surface area contributed by atoms with Crippen LogP contribution in [0.5, 0.6) is 0 Å². The van der Waals surface area contributed by atoms with E-state index in [0.29, 0.717) is 13.2 Å². The third kappa shape index (κ3) is 5.71. The minimum Gasteiger partial charge on any atom is -0.383 e. The fourth-order valence-corrected chi connectivity index (χ4v) is 2.43. The van der Waals surface area contributed by atoms with Crippen molar-refractivity contribution in [3.63, 3.8) is 0 Å². The molecule has 2 rings (SSSR count). The number of methoxy groups -OCH3 is 1. The summed E-state index contributed by atoms with van der Waals surface area (Å²) >= 11 is 0. The molecule has 7 nitrogen and oxygen atoms in total. The predicted molar refractivity (Wildman–Crippen MR) is 97.7 cm³/mol. The molecule has 1 aliphatic rings. The van der Waals surface area contributed by atoms with Gasteiger partial charge < -0.3 is 19.9 Å². The van der Waals surface area contributed by atoms with Crippen molar-refractivity contribution >= 4 is 29.9 Å². The maximum absolute atomic E-state index is 5.04. The van der Waals surface area contributed by atoms with Gasteiger partial charge in [-0.2, -0.15) is 0 Å². The molecule has 22 heavy (non-hydrogen) atoms. The third-order valence-corrected chi connectivity index (χ3v) is 3.51. The second-order valence-electron chi connectivity index (χ2n) is 5.11. The van der Waals surface area contributed by atoms with Crippen LogP contribution in [0.4, 0.5) is 0 Å². The fraction of sp³-hybridized carbons (Fsp3) is 0.786. The number of aryl methyl sites for hydroxylation is 1. The van der Waals surface area contributed by atoms with Crippen LogP contribution in [0.3, 0.4) is 0 Å². The molecule has 8 heteroatoms. The van der Waals surface area contributed by atoms with Crippen molar-refractivity contribution in [1.29, 1.82) is 0 Å². The monoisotopic (exact) mass is 422 g/mol. The number of guanidine groups is 1. The van der Waals surface area contributed by atoms with E-state index in [0.717, 1.165) is 43.7 Å². The van der Waals surface area contributed by atoms with E-state index in [1.165, 1.54) is 19.3 Å². The van der Waals surface area contributed by atoms with Crippen molar-refractivity contribution in [2.45, 2.75) is 45.7 Å². The number of rotatable bonds is 6. The average molecular weight is 422 g/mol. The highest BCUT2D eigenvalue weighted by molar-refractivity contribution is 14.0. The molecular weight excluding hydrogens is 395 g/mol. The zero-order valence-corrected chi connectivity index (χ0v) is 15.8. The van der Waals surface area contributed by atoms with Gasteiger partial charge in [0.05, 0.1) is 6.61 Å². The summed E-state index contributed by atoms with van der Waals surface area (Å²) < 4.78 is 7.27. The average Bonchev–Trinajstić information content (AvgIpc) is 2.72. The molecule has 0 amide bonds. The van der Waals surface area contributed by atoms with Gasteiger partial charge >= 0.3 is 0 Å². The van der Waals surface area contributed by atoms with Crippen LogP contribution in [-0.4, -0.2) is 47.5 Å². The molecule has 126 valence electrons. The van der Waals surface area contributed by atoms with Gasteiger partial charge in [0.2, 0.25) is 0 Å². The summed E-state index contributed by atoms with van der Waals surface area (Å²) in [4.78, 5) is 4.58. The second-order valence-corrected chi connectivity index (χ2v) is 5.11. The van der Waals surface area contributed by atoms with Gasteiger partial charge in [0.25, 0.3) is 0 Å². The summed E-state index contributed by atoms with van der Waals surface area (Å²) in [5.74, 6) is 2.85. The molecule has 2 N–H and O–H groups in total. The van der Waals surface area contributed by atoms with Crippen LogP contribution in [0.1, 0.15) is 37.8 Å². The first-order valence-electron chi connectivity index (χ1n) is 7.77. The molecule has 2 heterocycles. The van der Waals surface area contributed by atoms with Crippen LogP contribution in [-0.2, 0) is 24.2 Å². The van der Waals surface area contributed by atoms with E-state index in [9.17, 15) is 0 Å². The molecule has 0 aliphatic carbocycles. The Hall–Kier alpha value is -0.900. The molecule has 0 radical (unpaired) electrons. The molecule has 0 saturated carbocycles. The van der Waals surface area contributed by atoms with E-state index >= 15 is 0 Å². The molecule has 0 unspecified atom stereocenters. The largest absolute Gasteiger partial charge is 0.383 e. The number of halogens is 1. The van der Waals surface area contributed by atoms with Crippen molar-refractivity contribution in [3.8, 4) is 0 Å². The van der Waals surface area contributed by atoms with Crippen molar-refractivity contribution < 1.29 is 4.74 Å². The van der Waals surface area contributed by atoms with Crippen LogP contribution in [0.2, 0.25) is 0 Å². The minimum atomic E-state index is 0. The Labute approximate surface area is 149 Å². The first kappa shape index (κ1) is 19.1. The maximum Gasteiger partial charge on any atom is 0.191 e. The first-order chi connectivity index (χ1) is 10.3. The lowest BCUT2D eigenvalue weighted by Crippen LogP contribution is -2.38. The number of aromatic nitrogens is 3. The highest BCUT2D eigenvalue weighted by Crippen LogP contribution is 2.14. The maximum atomic E-state index is 5.04. The van der Waals surface area contributed by atoms with E-state index in [1.54, 1.807) is 7.11 Å². The molecule has 1 aromatic heterocycles. The number of nitrogens with one attached hydrogen (secondary N) is 2. The molecule has 1 aliphatic heterocycles. The Balaban J connectivity index is 0.00000242. The second kappa shape index (κ2) is 10.8. The highest BCUT2D eigenvalue weighted by Gasteiger charge is 2.14. The Morgan fingerprint density at radius 2 is 2.14 bits per heavy atom. The standard InChI is InChI=1S/C14H26N6O.HI/c1-3-15-14(16-8-10-21-2)17-11-13-19-18-12-7-5-4-6-9-20(12)13;/h3-11H2,1-2H3,(H2,15,16,17);1H. The zero-order chi connectivity index (χ0) is 14.9. The normalized spacial score (nSPS) is 14.7. The number of ether oxygens (including phenoxy) is 1. The van der Waals surface area contributed by atoms with Crippen LogP contribution in [0, 0.1) is 0 Å². The molecule has 0 atom stereocenters. The van der Waals surface area contributed by atoms with Gasteiger partial charge in [-0.25, -0.2) is 4.99 Å². The van der Waals surface area contributed by atoms with Crippen molar-refractivity contribution in [2.75, 3.05) is 26.8 Å². The van der Waals surface area contributed by atoms with Crippen LogP contribution >= 0.6 is 24.0 Å². The summed E-state index contributed by atoms with van der Waals surface area (Å²) in [5, 5.41) is 15.0. The van der Waals surface area contributed by atoms with Gasteiger partial charge in [-0.1, -0.05) is 6.42 Å². The lowest BCUT2D eigenvalue weighted by atomic mass is 10.2. The first-order valence-corrected chi connectivity index (χ1v) is 7.77. The van der Waals surface area contributed by atoms with Gasteiger partial charge in [0, 0.05) is 33.2 Å². The van der Waals surface area contributed by atoms with Gasteiger partial charge in [0.1, 0.15) is 12.4 Å². The Bertz CT molecular complexity index is 462. The van der Waals surface area contributed by atoms with Crippen LogP contribution in [0.25, 0.3) is 0 Å². The topological polar surface area (TPSA) is 76.4 Å². The SMILES string of the molecule is CCNC(=NCc1nnc2n1CCCCC2)NCCOC.I. The highest BCUT2D eigenvalue weighted by atomic mass is 127.